The van der Waals surface area contributed by atoms with E-state index in [1.807, 2.05) is 41.0 Å². The van der Waals surface area contributed by atoms with Crippen LogP contribution < -0.4 is 10.1 Å². The summed E-state index contributed by atoms with van der Waals surface area (Å²) in [4.78, 5) is 30.7. The van der Waals surface area contributed by atoms with Gasteiger partial charge in [-0.25, -0.2) is 4.79 Å². The first kappa shape index (κ1) is 19.5. The molecule has 0 bridgehead atoms. The van der Waals surface area contributed by atoms with Crippen molar-refractivity contribution in [3.63, 3.8) is 0 Å². The van der Waals surface area contributed by atoms with Crippen molar-refractivity contribution in [1.82, 2.24) is 20.0 Å². The maximum atomic E-state index is 12.5. The standard InChI is InChI=1S/C20H30N4O3/c1-16(17-5-7-18(27-2)8-6-17)21-20(26)24-13-11-22(12-14-24)15-19(25)23-9-3-4-10-23/h5-8,16H,3-4,9-15H2,1-2H3,(H,21,26)/t16-/m1/s1. The van der Waals surface area contributed by atoms with Gasteiger partial charge in [0.1, 0.15) is 5.75 Å². The summed E-state index contributed by atoms with van der Waals surface area (Å²) in [5.41, 5.74) is 1.04. The van der Waals surface area contributed by atoms with E-state index < -0.39 is 0 Å². The third-order valence-electron chi connectivity index (χ3n) is 5.43. The third kappa shape index (κ3) is 5.13. The van der Waals surface area contributed by atoms with E-state index in [-0.39, 0.29) is 18.0 Å². The smallest absolute Gasteiger partial charge is 0.317 e. The number of rotatable bonds is 5. The number of likely N-dealkylation sites (tertiary alicyclic amines) is 1. The van der Waals surface area contributed by atoms with Crippen LogP contribution in [0.1, 0.15) is 31.4 Å². The Morgan fingerprint density at radius 3 is 2.22 bits per heavy atom. The van der Waals surface area contributed by atoms with Crippen molar-refractivity contribution >= 4 is 11.9 Å². The molecule has 0 unspecified atom stereocenters. The molecule has 2 aliphatic rings. The first-order valence-electron chi connectivity index (χ1n) is 9.76. The van der Waals surface area contributed by atoms with Gasteiger partial charge >= 0.3 is 6.03 Å². The molecule has 0 aromatic heterocycles. The van der Waals surface area contributed by atoms with Gasteiger partial charge in [0.15, 0.2) is 0 Å². The summed E-state index contributed by atoms with van der Waals surface area (Å²) >= 11 is 0. The van der Waals surface area contributed by atoms with E-state index in [0.717, 1.165) is 50.3 Å². The summed E-state index contributed by atoms with van der Waals surface area (Å²) in [5.74, 6) is 1.02. The summed E-state index contributed by atoms with van der Waals surface area (Å²) < 4.78 is 5.17. The van der Waals surface area contributed by atoms with Gasteiger partial charge in [0, 0.05) is 39.3 Å². The molecule has 1 N–H and O–H groups in total. The zero-order valence-corrected chi connectivity index (χ0v) is 16.3. The summed E-state index contributed by atoms with van der Waals surface area (Å²) in [5, 5.41) is 3.06. The number of methoxy groups -OCH3 is 1. The quantitative estimate of drug-likeness (QED) is 0.852. The summed E-state index contributed by atoms with van der Waals surface area (Å²) in [7, 11) is 1.64. The lowest BCUT2D eigenvalue weighted by Crippen LogP contribution is -2.53. The highest BCUT2D eigenvalue weighted by molar-refractivity contribution is 5.78. The molecular weight excluding hydrogens is 344 g/mol. The van der Waals surface area contributed by atoms with Crippen molar-refractivity contribution in [3.05, 3.63) is 29.8 Å². The lowest BCUT2D eigenvalue weighted by atomic mass is 10.1. The number of benzene rings is 1. The fourth-order valence-corrected chi connectivity index (χ4v) is 3.62. The molecule has 2 saturated heterocycles. The molecule has 7 nitrogen and oxygen atoms in total. The zero-order valence-electron chi connectivity index (χ0n) is 16.3. The van der Waals surface area contributed by atoms with Gasteiger partial charge in [0.25, 0.3) is 0 Å². The predicted molar refractivity (Wildman–Crippen MR) is 104 cm³/mol. The fraction of sp³-hybridized carbons (Fsp3) is 0.600. The number of carbonyl (C=O) groups is 2. The molecular formula is C20H30N4O3. The Morgan fingerprint density at radius 1 is 1.00 bits per heavy atom. The Kier molecular flexibility index (Phi) is 6.55. The number of hydrogen-bond donors (Lipinski definition) is 1. The number of ether oxygens (including phenoxy) is 1. The first-order valence-corrected chi connectivity index (χ1v) is 9.76. The van der Waals surface area contributed by atoms with Crippen LogP contribution in [-0.4, -0.2) is 79.6 Å². The third-order valence-corrected chi connectivity index (χ3v) is 5.43. The van der Waals surface area contributed by atoms with Crippen LogP contribution >= 0.6 is 0 Å². The van der Waals surface area contributed by atoms with Crippen molar-refractivity contribution < 1.29 is 14.3 Å². The van der Waals surface area contributed by atoms with Gasteiger partial charge in [0.2, 0.25) is 5.91 Å². The lowest BCUT2D eigenvalue weighted by Gasteiger charge is -2.35. The van der Waals surface area contributed by atoms with Gasteiger partial charge < -0.3 is 19.9 Å². The molecule has 1 atom stereocenters. The topological polar surface area (TPSA) is 65.1 Å². The number of piperazine rings is 1. The largest absolute Gasteiger partial charge is 0.497 e. The predicted octanol–water partition coefficient (Wildman–Crippen LogP) is 1.71. The van der Waals surface area contributed by atoms with Crippen LogP contribution in [0.15, 0.2) is 24.3 Å². The number of urea groups is 1. The van der Waals surface area contributed by atoms with E-state index >= 15 is 0 Å². The van der Waals surface area contributed by atoms with Gasteiger partial charge in [0.05, 0.1) is 19.7 Å². The fourth-order valence-electron chi connectivity index (χ4n) is 3.62. The maximum Gasteiger partial charge on any atom is 0.317 e. The Morgan fingerprint density at radius 2 is 1.63 bits per heavy atom. The van der Waals surface area contributed by atoms with E-state index in [1.54, 1.807) is 7.11 Å². The van der Waals surface area contributed by atoms with E-state index in [4.69, 9.17) is 4.74 Å². The Balaban J connectivity index is 1.42. The average molecular weight is 374 g/mol. The van der Waals surface area contributed by atoms with Crippen molar-refractivity contribution in [2.24, 2.45) is 0 Å². The highest BCUT2D eigenvalue weighted by Crippen LogP contribution is 2.17. The molecule has 3 rings (SSSR count). The molecule has 0 radical (unpaired) electrons. The van der Waals surface area contributed by atoms with E-state index in [1.165, 1.54) is 0 Å². The van der Waals surface area contributed by atoms with Gasteiger partial charge in [-0.05, 0) is 37.5 Å². The molecule has 3 amide bonds. The molecule has 0 spiro atoms. The van der Waals surface area contributed by atoms with Crippen LogP contribution in [-0.2, 0) is 4.79 Å². The molecule has 1 aromatic rings. The second-order valence-electron chi connectivity index (χ2n) is 7.30. The number of hydrogen-bond acceptors (Lipinski definition) is 4. The van der Waals surface area contributed by atoms with Crippen LogP contribution in [0.4, 0.5) is 4.79 Å². The second kappa shape index (κ2) is 9.08. The van der Waals surface area contributed by atoms with Crippen molar-refractivity contribution in [2.75, 3.05) is 52.9 Å². The lowest BCUT2D eigenvalue weighted by molar-refractivity contribution is -0.131. The number of carbonyl (C=O) groups excluding carboxylic acids is 2. The number of nitrogens with one attached hydrogen (secondary N) is 1. The number of nitrogens with zero attached hydrogens (tertiary/aromatic N) is 3. The molecule has 1 aromatic carbocycles. The highest BCUT2D eigenvalue weighted by Gasteiger charge is 2.25. The SMILES string of the molecule is COc1ccc([C@@H](C)NC(=O)N2CCN(CC(=O)N3CCCC3)CC2)cc1. The normalized spacial score (nSPS) is 19.0. The Labute approximate surface area is 161 Å². The Bertz CT molecular complexity index is 635. The summed E-state index contributed by atoms with van der Waals surface area (Å²) in [6.45, 7) is 7.01. The highest BCUT2D eigenvalue weighted by atomic mass is 16.5. The molecule has 148 valence electrons. The van der Waals surface area contributed by atoms with E-state index in [9.17, 15) is 9.59 Å². The van der Waals surface area contributed by atoms with Crippen LogP contribution in [0.2, 0.25) is 0 Å². The van der Waals surface area contributed by atoms with Gasteiger partial charge in [-0.15, -0.1) is 0 Å². The van der Waals surface area contributed by atoms with Gasteiger partial charge in [-0.2, -0.15) is 0 Å². The van der Waals surface area contributed by atoms with Gasteiger partial charge in [-0.3, -0.25) is 9.69 Å². The maximum absolute atomic E-state index is 12.5. The minimum absolute atomic E-state index is 0.0520. The van der Waals surface area contributed by atoms with E-state index in [0.29, 0.717) is 19.6 Å². The molecule has 2 heterocycles. The molecule has 7 heteroatoms. The molecule has 0 saturated carbocycles. The first-order chi connectivity index (χ1) is 13.1. The Hall–Kier alpha value is -2.28. The monoisotopic (exact) mass is 374 g/mol. The zero-order chi connectivity index (χ0) is 19.2. The van der Waals surface area contributed by atoms with Gasteiger partial charge in [-0.1, -0.05) is 12.1 Å². The van der Waals surface area contributed by atoms with E-state index in [2.05, 4.69) is 10.2 Å². The minimum Gasteiger partial charge on any atom is -0.497 e. The van der Waals surface area contributed by atoms with Crippen LogP contribution in [0.5, 0.6) is 5.75 Å². The summed E-state index contributed by atoms with van der Waals surface area (Å²) in [6.07, 6.45) is 2.23. The molecule has 2 fully saturated rings. The van der Waals surface area contributed by atoms with Crippen molar-refractivity contribution in [1.29, 1.82) is 0 Å². The van der Waals surface area contributed by atoms with Crippen molar-refractivity contribution in [3.8, 4) is 5.75 Å². The van der Waals surface area contributed by atoms with Crippen LogP contribution in [0.25, 0.3) is 0 Å². The summed E-state index contributed by atoms with van der Waals surface area (Å²) in [6, 6.07) is 7.60. The van der Waals surface area contributed by atoms with Crippen molar-refractivity contribution in [2.45, 2.75) is 25.8 Å². The number of amides is 3. The molecule has 27 heavy (non-hydrogen) atoms. The van der Waals surface area contributed by atoms with Crippen LogP contribution in [0, 0.1) is 0 Å². The molecule has 0 aliphatic carbocycles. The molecule has 2 aliphatic heterocycles. The minimum atomic E-state index is -0.0711. The average Bonchev–Trinajstić information content (AvgIpc) is 3.23. The van der Waals surface area contributed by atoms with Crippen LogP contribution in [0.3, 0.4) is 0 Å². The second-order valence-corrected chi connectivity index (χ2v) is 7.30.